The van der Waals surface area contributed by atoms with Crippen molar-refractivity contribution in [3.05, 3.63) is 0 Å². The normalized spacial score (nSPS) is 21.5. The molecule has 2 N–H and O–H groups in total. The van der Waals surface area contributed by atoms with Crippen molar-refractivity contribution in [2.45, 2.75) is 45.6 Å². The van der Waals surface area contributed by atoms with Crippen molar-refractivity contribution in [2.24, 2.45) is 5.92 Å². The van der Waals surface area contributed by atoms with E-state index >= 15 is 0 Å². The minimum absolute atomic E-state index is 0.0338. The summed E-state index contributed by atoms with van der Waals surface area (Å²) in [5, 5.41) is 12.0. The van der Waals surface area contributed by atoms with Gasteiger partial charge in [0.25, 0.3) is 0 Å². The van der Waals surface area contributed by atoms with Crippen molar-refractivity contribution in [3.63, 3.8) is 0 Å². The summed E-state index contributed by atoms with van der Waals surface area (Å²) < 4.78 is 0. The highest BCUT2D eigenvalue weighted by Crippen LogP contribution is 2.16. The molecule has 5 heteroatoms. The summed E-state index contributed by atoms with van der Waals surface area (Å²) >= 11 is 0. The number of carbonyl (C=O) groups is 2. The molecule has 1 aliphatic heterocycles. The van der Waals surface area contributed by atoms with Crippen LogP contribution in [0.25, 0.3) is 0 Å². The molecule has 18 heavy (non-hydrogen) atoms. The summed E-state index contributed by atoms with van der Waals surface area (Å²) in [7, 11) is 0. The van der Waals surface area contributed by atoms with Crippen LogP contribution in [-0.2, 0) is 9.59 Å². The molecule has 0 bridgehead atoms. The Labute approximate surface area is 109 Å². The maximum Gasteiger partial charge on any atom is 0.224 e. The van der Waals surface area contributed by atoms with Gasteiger partial charge in [-0.15, -0.1) is 0 Å². The van der Waals surface area contributed by atoms with Gasteiger partial charge in [-0.25, -0.2) is 0 Å². The number of piperidine rings is 1. The highest BCUT2D eigenvalue weighted by molar-refractivity contribution is 5.80. The van der Waals surface area contributed by atoms with Gasteiger partial charge in [0, 0.05) is 26.6 Å². The maximum absolute atomic E-state index is 11.9. The van der Waals surface area contributed by atoms with Crippen LogP contribution in [0, 0.1) is 5.92 Å². The molecule has 0 aromatic rings. The molecule has 0 aliphatic carbocycles. The minimum atomic E-state index is -0.315. The zero-order valence-corrected chi connectivity index (χ0v) is 11.3. The van der Waals surface area contributed by atoms with Crippen molar-refractivity contribution in [1.29, 1.82) is 0 Å². The fourth-order valence-corrected chi connectivity index (χ4v) is 2.23. The third-order valence-electron chi connectivity index (χ3n) is 3.34. The molecule has 5 nitrogen and oxygen atoms in total. The van der Waals surface area contributed by atoms with Crippen LogP contribution >= 0.6 is 0 Å². The van der Waals surface area contributed by atoms with Crippen LogP contribution in [0.2, 0.25) is 0 Å². The Morgan fingerprint density at radius 2 is 2.22 bits per heavy atom. The summed E-state index contributed by atoms with van der Waals surface area (Å²) in [5.41, 5.74) is 0. The Morgan fingerprint density at radius 3 is 2.83 bits per heavy atom. The van der Waals surface area contributed by atoms with Crippen LogP contribution in [0.1, 0.15) is 39.5 Å². The van der Waals surface area contributed by atoms with Crippen LogP contribution < -0.4 is 5.32 Å². The Bertz CT molecular complexity index is 292. The van der Waals surface area contributed by atoms with Crippen molar-refractivity contribution in [3.8, 4) is 0 Å². The van der Waals surface area contributed by atoms with E-state index in [4.69, 9.17) is 5.11 Å². The van der Waals surface area contributed by atoms with Crippen molar-refractivity contribution in [2.75, 3.05) is 19.6 Å². The number of carbonyl (C=O) groups excluding carboxylic acids is 2. The minimum Gasteiger partial charge on any atom is -0.393 e. The molecule has 1 saturated heterocycles. The summed E-state index contributed by atoms with van der Waals surface area (Å²) in [5.74, 6) is 0.00217. The molecular formula is C13H24N2O3. The third-order valence-corrected chi connectivity index (χ3v) is 3.34. The van der Waals surface area contributed by atoms with Crippen molar-refractivity contribution in [1.82, 2.24) is 10.2 Å². The molecule has 0 spiro atoms. The van der Waals surface area contributed by atoms with Gasteiger partial charge in [-0.2, -0.15) is 0 Å². The lowest BCUT2D eigenvalue weighted by molar-refractivity contribution is -0.133. The van der Waals surface area contributed by atoms with Gasteiger partial charge < -0.3 is 15.3 Å². The standard InChI is InChI=1S/C13H24N2O3/c1-10(16)5-3-7-14-13(18)12-6-4-8-15(9-12)11(2)17/h10,12,16H,3-9H2,1-2H3,(H,14,18). The molecule has 104 valence electrons. The van der Waals surface area contributed by atoms with E-state index in [1.165, 1.54) is 0 Å². The van der Waals surface area contributed by atoms with Crippen molar-refractivity contribution >= 4 is 11.8 Å². The van der Waals surface area contributed by atoms with E-state index in [9.17, 15) is 9.59 Å². The van der Waals surface area contributed by atoms with E-state index in [2.05, 4.69) is 5.32 Å². The lowest BCUT2D eigenvalue weighted by atomic mass is 9.97. The van der Waals surface area contributed by atoms with E-state index in [0.717, 1.165) is 25.8 Å². The Morgan fingerprint density at radius 1 is 1.50 bits per heavy atom. The lowest BCUT2D eigenvalue weighted by Crippen LogP contribution is -2.44. The molecule has 2 atom stereocenters. The van der Waals surface area contributed by atoms with E-state index in [0.29, 0.717) is 19.5 Å². The average Bonchev–Trinajstić information content (AvgIpc) is 2.34. The number of aliphatic hydroxyl groups is 1. The van der Waals surface area contributed by atoms with E-state index in [-0.39, 0.29) is 23.8 Å². The molecule has 1 rings (SSSR count). The van der Waals surface area contributed by atoms with Gasteiger partial charge in [0.15, 0.2) is 0 Å². The van der Waals surface area contributed by atoms with Crippen LogP contribution in [0.15, 0.2) is 0 Å². The van der Waals surface area contributed by atoms with Gasteiger partial charge in [0.1, 0.15) is 0 Å². The van der Waals surface area contributed by atoms with Crippen LogP contribution in [0.4, 0.5) is 0 Å². The fourth-order valence-electron chi connectivity index (χ4n) is 2.23. The molecular weight excluding hydrogens is 232 g/mol. The van der Waals surface area contributed by atoms with Crippen LogP contribution in [0.5, 0.6) is 0 Å². The second kappa shape index (κ2) is 7.36. The highest BCUT2D eigenvalue weighted by atomic mass is 16.3. The number of rotatable bonds is 5. The second-order valence-corrected chi connectivity index (χ2v) is 5.09. The number of likely N-dealkylation sites (tertiary alicyclic amines) is 1. The van der Waals surface area contributed by atoms with Gasteiger partial charge in [0.2, 0.25) is 11.8 Å². The van der Waals surface area contributed by atoms with Crippen molar-refractivity contribution < 1.29 is 14.7 Å². The predicted octanol–water partition coefficient (Wildman–Crippen LogP) is 0.522. The maximum atomic E-state index is 11.9. The Balaban J connectivity index is 2.26. The van der Waals surface area contributed by atoms with Crippen LogP contribution in [-0.4, -0.2) is 47.6 Å². The first kappa shape index (κ1) is 15.0. The molecule has 1 fully saturated rings. The molecule has 0 aromatic heterocycles. The van der Waals surface area contributed by atoms with Gasteiger partial charge in [-0.1, -0.05) is 0 Å². The third kappa shape index (κ3) is 5.04. The van der Waals surface area contributed by atoms with E-state index in [1.807, 2.05) is 0 Å². The monoisotopic (exact) mass is 256 g/mol. The second-order valence-electron chi connectivity index (χ2n) is 5.09. The summed E-state index contributed by atoms with van der Waals surface area (Å²) in [6.07, 6.45) is 2.92. The first-order chi connectivity index (χ1) is 8.50. The average molecular weight is 256 g/mol. The molecule has 0 saturated carbocycles. The Hall–Kier alpha value is -1.10. The van der Waals surface area contributed by atoms with Gasteiger partial charge >= 0.3 is 0 Å². The number of aliphatic hydroxyl groups excluding tert-OH is 1. The Kier molecular flexibility index (Phi) is 6.12. The fraction of sp³-hybridized carbons (Fsp3) is 0.846. The van der Waals surface area contributed by atoms with E-state index in [1.54, 1.807) is 18.7 Å². The SMILES string of the molecule is CC(=O)N1CCCC(C(=O)NCCCC(C)O)C1. The topological polar surface area (TPSA) is 69.6 Å². The largest absolute Gasteiger partial charge is 0.393 e. The van der Waals surface area contributed by atoms with Gasteiger partial charge in [-0.05, 0) is 32.6 Å². The molecule has 1 heterocycles. The summed E-state index contributed by atoms with van der Waals surface area (Å²) in [4.78, 5) is 24.9. The molecule has 2 amide bonds. The molecule has 0 aromatic carbocycles. The smallest absolute Gasteiger partial charge is 0.224 e. The number of nitrogens with zero attached hydrogens (tertiary/aromatic N) is 1. The first-order valence-electron chi connectivity index (χ1n) is 6.72. The van der Waals surface area contributed by atoms with Crippen LogP contribution in [0.3, 0.4) is 0 Å². The predicted molar refractivity (Wildman–Crippen MR) is 68.9 cm³/mol. The first-order valence-corrected chi connectivity index (χ1v) is 6.72. The highest BCUT2D eigenvalue weighted by Gasteiger charge is 2.26. The van der Waals surface area contributed by atoms with Gasteiger partial charge in [0.05, 0.1) is 12.0 Å². The molecule has 0 radical (unpaired) electrons. The number of nitrogens with one attached hydrogen (secondary N) is 1. The summed E-state index contributed by atoms with van der Waals surface area (Å²) in [6.45, 7) is 5.19. The van der Waals surface area contributed by atoms with Gasteiger partial charge in [-0.3, -0.25) is 9.59 Å². The quantitative estimate of drug-likeness (QED) is 0.705. The zero-order chi connectivity index (χ0) is 13.5. The van der Waals surface area contributed by atoms with E-state index < -0.39 is 0 Å². The summed E-state index contributed by atoms with van der Waals surface area (Å²) in [6, 6.07) is 0. The number of amides is 2. The molecule has 2 unspecified atom stereocenters. The molecule has 1 aliphatic rings. The number of hydrogen-bond acceptors (Lipinski definition) is 3. The lowest BCUT2D eigenvalue weighted by Gasteiger charge is -2.31. The number of hydrogen-bond donors (Lipinski definition) is 2. The zero-order valence-electron chi connectivity index (χ0n) is 11.3.